The minimum Gasteiger partial charge on any atom is -0.307 e. The van der Waals surface area contributed by atoms with Crippen molar-refractivity contribution in [3.8, 4) is 10.7 Å². The van der Waals surface area contributed by atoms with Gasteiger partial charge in [-0.2, -0.15) is 0 Å². The fourth-order valence-electron chi connectivity index (χ4n) is 1.46. The Balaban J connectivity index is 2.58. The molecule has 2 aromatic rings. The summed E-state index contributed by atoms with van der Waals surface area (Å²) in [6.45, 7) is 8.36. The molecule has 0 amide bonds. The van der Waals surface area contributed by atoms with Crippen molar-refractivity contribution >= 4 is 22.9 Å². The van der Waals surface area contributed by atoms with Gasteiger partial charge in [-0.15, -0.1) is 21.5 Å². The third kappa shape index (κ3) is 1.87. The second-order valence-electron chi connectivity index (χ2n) is 4.76. The number of nitrogens with zero attached hydrogens (tertiary/aromatic N) is 3. The van der Waals surface area contributed by atoms with Crippen molar-refractivity contribution in [1.29, 1.82) is 0 Å². The zero-order valence-electron chi connectivity index (χ0n) is 9.78. The summed E-state index contributed by atoms with van der Waals surface area (Å²) in [4.78, 5) is 0.992. The Morgan fingerprint density at radius 3 is 2.56 bits per heavy atom. The van der Waals surface area contributed by atoms with Gasteiger partial charge in [0.1, 0.15) is 6.33 Å². The van der Waals surface area contributed by atoms with Gasteiger partial charge in [0.15, 0.2) is 5.82 Å². The second kappa shape index (κ2) is 3.86. The van der Waals surface area contributed by atoms with Crippen LogP contribution in [0.2, 0.25) is 5.02 Å². The van der Waals surface area contributed by atoms with Crippen LogP contribution in [0.1, 0.15) is 26.3 Å². The van der Waals surface area contributed by atoms with Gasteiger partial charge in [0.05, 0.1) is 9.90 Å². The third-order valence-electron chi connectivity index (χ3n) is 2.37. The summed E-state index contributed by atoms with van der Waals surface area (Å²) in [6, 6.07) is 0. The van der Waals surface area contributed by atoms with E-state index in [4.69, 9.17) is 11.6 Å². The molecule has 2 rings (SSSR count). The SMILES string of the molecule is Cc1csc(-c2nncn2C(C)(C)C)c1Cl. The lowest BCUT2D eigenvalue weighted by Gasteiger charge is -2.21. The molecule has 0 saturated carbocycles. The van der Waals surface area contributed by atoms with Crippen LogP contribution in [0.4, 0.5) is 0 Å². The number of rotatable bonds is 1. The van der Waals surface area contributed by atoms with E-state index in [1.54, 1.807) is 17.7 Å². The molecule has 0 fully saturated rings. The first-order valence-electron chi connectivity index (χ1n) is 5.05. The predicted octanol–water partition coefficient (Wildman–Crippen LogP) is 3.72. The molecule has 3 nitrogen and oxygen atoms in total. The van der Waals surface area contributed by atoms with Crippen molar-refractivity contribution in [2.75, 3.05) is 0 Å². The van der Waals surface area contributed by atoms with Crippen LogP contribution in [0.3, 0.4) is 0 Å². The highest BCUT2D eigenvalue weighted by Crippen LogP contribution is 2.36. The summed E-state index contributed by atoms with van der Waals surface area (Å²) in [6.07, 6.45) is 1.75. The molecule has 0 N–H and O–H groups in total. The van der Waals surface area contributed by atoms with E-state index in [0.717, 1.165) is 21.3 Å². The third-order valence-corrected chi connectivity index (χ3v) is 4.07. The molecule has 0 aromatic carbocycles. The van der Waals surface area contributed by atoms with Crippen molar-refractivity contribution < 1.29 is 0 Å². The zero-order valence-corrected chi connectivity index (χ0v) is 11.4. The quantitative estimate of drug-likeness (QED) is 0.778. The van der Waals surface area contributed by atoms with Gasteiger partial charge in [0.2, 0.25) is 0 Å². The van der Waals surface area contributed by atoms with Crippen LogP contribution in [0.5, 0.6) is 0 Å². The Hall–Kier alpha value is -0.870. The minimum absolute atomic E-state index is 0.0416. The highest BCUT2D eigenvalue weighted by molar-refractivity contribution is 7.14. The number of hydrogen-bond donors (Lipinski definition) is 0. The first kappa shape index (κ1) is 11.6. The van der Waals surface area contributed by atoms with Crippen LogP contribution in [-0.2, 0) is 5.54 Å². The van der Waals surface area contributed by atoms with E-state index in [2.05, 4.69) is 31.0 Å². The fourth-order valence-corrected chi connectivity index (χ4v) is 2.72. The maximum absolute atomic E-state index is 6.25. The summed E-state index contributed by atoms with van der Waals surface area (Å²) in [7, 11) is 0. The molecule has 5 heteroatoms. The normalized spacial score (nSPS) is 12.1. The Labute approximate surface area is 104 Å². The second-order valence-corrected chi connectivity index (χ2v) is 6.01. The Bertz CT molecular complexity index is 508. The first-order chi connectivity index (χ1) is 7.41. The van der Waals surface area contributed by atoms with Gasteiger partial charge in [0, 0.05) is 5.54 Å². The van der Waals surface area contributed by atoms with Gasteiger partial charge in [-0.25, -0.2) is 0 Å². The van der Waals surface area contributed by atoms with E-state index in [1.165, 1.54) is 0 Å². The summed E-state index contributed by atoms with van der Waals surface area (Å²) in [5.41, 5.74) is 1.05. The minimum atomic E-state index is -0.0416. The van der Waals surface area contributed by atoms with Gasteiger partial charge in [-0.1, -0.05) is 11.6 Å². The van der Waals surface area contributed by atoms with E-state index < -0.39 is 0 Å². The van der Waals surface area contributed by atoms with Crippen LogP contribution in [0.15, 0.2) is 11.7 Å². The molecule has 2 aromatic heterocycles. The lowest BCUT2D eigenvalue weighted by atomic mass is 10.1. The van der Waals surface area contributed by atoms with Gasteiger partial charge >= 0.3 is 0 Å². The van der Waals surface area contributed by atoms with E-state index in [-0.39, 0.29) is 5.54 Å². The summed E-state index contributed by atoms with van der Waals surface area (Å²) >= 11 is 7.86. The predicted molar refractivity (Wildman–Crippen MR) is 68.1 cm³/mol. The number of halogens is 1. The fraction of sp³-hybridized carbons (Fsp3) is 0.455. The Morgan fingerprint density at radius 1 is 1.38 bits per heavy atom. The van der Waals surface area contributed by atoms with E-state index >= 15 is 0 Å². The van der Waals surface area contributed by atoms with Crippen LogP contribution in [-0.4, -0.2) is 14.8 Å². The standard InChI is InChI=1S/C11H14ClN3S/c1-7-5-16-9(8(7)12)10-14-13-6-15(10)11(2,3)4/h5-6H,1-4H3. The van der Waals surface area contributed by atoms with Gasteiger partial charge in [0.25, 0.3) is 0 Å². The first-order valence-corrected chi connectivity index (χ1v) is 6.31. The molecule has 0 aliphatic rings. The smallest absolute Gasteiger partial charge is 0.175 e. The molecule has 0 spiro atoms. The van der Waals surface area contributed by atoms with E-state index in [9.17, 15) is 0 Å². The number of aromatic nitrogens is 3. The van der Waals surface area contributed by atoms with E-state index in [1.807, 2.05) is 16.9 Å². The van der Waals surface area contributed by atoms with Crippen molar-refractivity contribution in [2.24, 2.45) is 0 Å². The monoisotopic (exact) mass is 255 g/mol. The molecule has 0 aliphatic carbocycles. The average Bonchev–Trinajstić information content (AvgIpc) is 2.74. The highest BCUT2D eigenvalue weighted by atomic mass is 35.5. The van der Waals surface area contributed by atoms with Crippen LogP contribution in [0.25, 0.3) is 10.7 Å². The van der Waals surface area contributed by atoms with Crippen LogP contribution in [0, 0.1) is 6.92 Å². The van der Waals surface area contributed by atoms with Crippen molar-refractivity contribution in [3.05, 3.63) is 22.3 Å². The largest absolute Gasteiger partial charge is 0.307 e. The number of hydrogen-bond acceptors (Lipinski definition) is 3. The summed E-state index contributed by atoms with van der Waals surface area (Å²) in [5, 5.41) is 11.0. The molecule has 0 bridgehead atoms. The maximum atomic E-state index is 6.25. The summed E-state index contributed by atoms with van der Waals surface area (Å²) in [5.74, 6) is 0.843. The average molecular weight is 256 g/mol. The van der Waals surface area contributed by atoms with Gasteiger partial charge < -0.3 is 4.57 Å². The molecule has 0 aliphatic heterocycles. The van der Waals surface area contributed by atoms with Crippen molar-refractivity contribution in [3.63, 3.8) is 0 Å². The lowest BCUT2D eigenvalue weighted by Crippen LogP contribution is -2.21. The molecule has 0 saturated heterocycles. The Morgan fingerprint density at radius 2 is 2.06 bits per heavy atom. The van der Waals surface area contributed by atoms with E-state index in [0.29, 0.717) is 0 Å². The zero-order chi connectivity index (χ0) is 11.9. The Kier molecular flexibility index (Phi) is 2.80. The molecule has 16 heavy (non-hydrogen) atoms. The van der Waals surface area contributed by atoms with Gasteiger partial charge in [-0.3, -0.25) is 0 Å². The van der Waals surface area contributed by atoms with Gasteiger partial charge in [-0.05, 0) is 38.6 Å². The van der Waals surface area contributed by atoms with Crippen molar-refractivity contribution in [2.45, 2.75) is 33.2 Å². The molecular weight excluding hydrogens is 242 g/mol. The number of thiophene rings is 1. The molecule has 2 heterocycles. The molecular formula is C11H14ClN3S. The molecule has 86 valence electrons. The molecule has 0 radical (unpaired) electrons. The highest BCUT2D eigenvalue weighted by Gasteiger charge is 2.21. The van der Waals surface area contributed by atoms with Crippen LogP contribution >= 0.6 is 22.9 Å². The maximum Gasteiger partial charge on any atom is 0.175 e. The van der Waals surface area contributed by atoms with Crippen LogP contribution < -0.4 is 0 Å². The summed E-state index contributed by atoms with van der Waals surface area (Å²) < 4.78 is 2.05. The topological polar surface area (TPSA) is 30.7 Å². The van der Waals surface area contributed by atoms with Crippen molar-refractivity contribution in [1.82, 2.24) is 14.8 Å². The number of aryl methyl sites for hydroxylation is 1. The molecule has 0 unspecified atom stereocenters. The lowest BCUT2D eigenvalue weighted by molar-refractivity contribution is 0.400. The molecule has 0 atom stereocenters.